The quantitative estimate of drug-likeness (QED) is 0.742. The zero-order valence-electron chi connectivity index (χ0n) is 11.3. The number of hydrogen-bond acceptors (Lipinski definition) is 3. The third-order valence-electron chi connectivity index (χ3n) is 2.66. The zero-order valence-corrected chi connectivity index (χ0v) is 11.3. The van der Waals surface area contributed by atoms with Crippen LogP contribution in [0.15, 0.2) is 18.2 Å². The van der Waals surface area contributed by atoms with E-state index < -0.39 is 23.9 Å². The number of carboxylic acids is 1. The van der Waals surface area contributed by atoms with Gasteiger partial charge in [0, 0.05) is 19.3 Å². The van der Waals surface area contributed by atoms with Gasteiger partial charge in [-0.05, 0) is 24.6 Å². The summed E-state index contributed by atoms with van der Waals surface area (Å²) in [4.78, 5) is 22.1. The van der Waals surface area contributed by atoms with Gasteiger partial charge in [0.15, 0.2) is 0 Å². The number of benzene rings is 1. The molecule has 110 valence electrons. The molecule has 0 aliphatic carbocycles. The number of halogens is 1. The lowest BCUT2D eigenvalue weighted by molar-refractivity contribution is -0.139. The van der Waals surface area contributed by atoms with E-state index in [1.54, 1.807) is 19.1 Å². The van der Waals surface area contributed by atoms with Crippen molar-refractivity contribution in [2.75, 3.05) is 19.0 Å². The number of hydrogen-bond donors (Lipinski definition) is 3. The van der Waals surface area contributed by atoms with Gasteiger partial charge in [-0.2, -0.15) is 0 Å². The van der Waals surface area contributed by atoms with Crippen LogP contribution in [0.2, 0.25) is 0 Å². The Morgan fingerprint density at radius 2 is 2.15 bits per heavy atom. The molecule has 1 aromatic rings. The van der Waals surface area contributed by atoms with Crippen molar-refractivity contribution in [3.05, 3.63) is 29.6 Å². The van der Waals surface area contributed by atoms with Gasteiger partial charge in [0.1, 0.15) is 5.82 Å². The number of methoxy groups -OCH3 is 1. The van der Waals surface area contributed by atoms with E-state index in [9.17, 15) is 14.0 Å². The van der Waals surface area contributed by atoms with Crippen molar-refractivity contribution in [3.63, 3.8) is 0 Å². The average Bonchev–Trinajstić information content (AvgIpc) is 2.38. The molecule has 3 N–H and O–H groups in total. The highest BCUT2D eigenvalue weighted by Gasteiger charge is 2.13. The Labute approximate surface area is 115 Å². The van der Waals surface area contributed by atoms with Gasteiger partial charge >= 0.3 is 12.0 Å². The summed E-state index contributed by atoms with van der Waals surface area (Å²) in [7, 11) is 1.36. The molecule has 1 rings (SSSR count). The lowest BCUT2D eigenvalue weighted by Gasteiger charge is -2.14. The Balaban J connectivity index is 2.46. The summed E-state index contributed by atoms with van der Waals surface area (Å²) in [5.41, 5.74) is 0.801. The van der Waals surface area contributed by atoms with Crippen LogP contribution < -0.4 is 10.6 Å². The SMILES string of the molecule is COC(CNC(=O)Nc1ccc(C)c(F)c1)CC(=O)O. The number of aryl methyl sites for hydroxylation is 1. The Morgan fingerprint density at radius 1 is 1.45 bits per heavy atom. The van der Waals surface area contributed by atoms with Crippen LogP contribution >= 0.6 is 0 Å². The molecule has 20 heavy (non-hydrogen) atoms. The number of ether oxygens (including phenoxy) is 1. The molecule has 7 heteroatoms. The van der Waals surface area contributed by atoms with E-state index >= 15 is 0 Å². The van der Waals surface area contributed by atoms with Gasteiger partial charge in [-0.1, -0.05) is 6.07 Å². The van der Waals surface area contributed by atoms with Crippen LogP contribution in [-0.2, 0) is 9.53 Å². The minimum Gasteiger partial charge on any atom is -0.481 e. The molecule has 0 aliphatic heterocycles. The molecule has 6 nitrogen and oxygen atoms in total. The third-order valence-corrected chi connectivity index (χ3v) is 2.66. The highest BCUT2D eigenvalue weighted by molar-refractivity contribution is 5.89. The van der Waals surface area contributed by atoms with Gasteiger partial charge < -0.3 is 20.5 Å². The van der Waals surface area contributed by atoms with Crippen molar-refractivity contribution in [2.24, 2.45) is 0 Å². The maximum Gasteiger partial charge on any atom is 0.319 e. The van der Waals surface area contributed by atoms with Gasteiger partial charge in [-0.25, -0.2) is 9.18 Å². The number of carbonyl (C=O) groups is 2. The second-order valence-electron chi connectivity index (χ2n) is 4.25. The van der Waals surface area contributed by atoms with Crippen molar-refractivity contribution in [1.29, 1.82) is 0 Å². The van der Waals surface area contributed by atoms with Crippen LogP contribution in [0, 0.1) is 12.7 Å². The molecule has 1 unspecified atom stereocenters. The number of anilines is 1. The van der Waals surface area contributed by atoms with Crippen molar-refractivity contribution in [3.8, 4) is 0 Å². The number of carboxylic acid groups (broad SMARTS) is 1. The molecule has 0 spiro atoms. The maximum atomic E-state index is 13.3. The normalized spacial score (nSPS) is 11.8. The fraction of sp³-hybridized carbons (Fsp3) is 0.385. The van der Waals surface area contributed by atoms with E-state index in [0.29, 0.717) is 11.3 Å². The van der Waals surface area contributed by atoms with Crippen molar-refractivity contribution in [2.45, 2.75) is 19.4 Å². The second-order valence-corrected chi connectivity index (χ2v) is 4.25. The number of amides is 2. The molecule has 0 saturated carbocycles. The minimum atomic E-state index is -1.01. The molecule has 0 bridgehead atoms. The first-order valence-electron chi connectivity index (χ1n) is 5.98. The predicted molar refractivity (Wildman–Crippen MR) is 71.2 cm³/mol. The van der Waals surface area contributed by atoms with Gasteiger partial charge in [0.25, 0.3) is 0 Å². The minimum absolute atomic E-state index is 0.0446. The van der Waals surface area contributed by atoms with Crippen molar-refractivity contribution in [1.82, 2.24) is 5.32 Å². The molecule has 1 atom stereocenters. The third kappa shape index (κ3) is 5.23. The first-order chi connectivity index (χ1) is 9.42. The Kier molecular flexibility index (Phi) is 5.92. The fourth-order valence-corrected chi connectivity index (χ4v) is 1.49. The molecule has 0 aromatic heterocycles. The van der Waals surface area contributed by atoms with E-state index in [0.717, 1.165) is 0 Å². The molecule has 0 saturated heterocycles. The number of rotatable bonds is 6. The van der Waals surface area contributed by atoms with Gasteiger partial charge in [-0.3, -0.25) is 4.79 Å². The summed E-state index contributed by atoms with van der Waals surface area (Å²) >= 11 is 0. The summed E-state index contributed by atoms with van der Waals surface area (Å²) in [6.45, 7) is 1.66. The van der Waals surface area contributed by atoms with Crippen LogP contribution in [0.4, 0.5) is 14.9 Å². The van der Waals surface area contributed by atoms with Crippen LogP contribution in [0.5, 0.6) is 0 Å². The topological polar surface area (TPSA) is 87.7 Å². The number of aliphatic carboxylic acids is 1. The van der Waals surface area contributed by atoms with Crippen molar-refractivity contribution >= 4 is 17.7 Å². The smallest absolute Gasteiger partial charge is 0.319 e. The highest BCUT2D eigenvalue weighted by Crippen LogP contribution is 2.13. The molecular weight excluding hydrogens is 267 g/mol. The Morgan fingerprint density at radius 3 is 2.70 bits per heavy atom. The summed E-state index contributed by atoms with van der Waals surface area (Å²) in [5.74, 6) is -1.43. The van der Waals surface area contributed by atoms with E-state index in [2.05, 4.69) is 10.6 Å². The summed E-state index contributed by atoms with van der Waals surface area (Å²) < 4.78 is 18.2. The molecule has 1 aromatic carbocycles. The van der Waals surface area contributed by atoms with Gasteiger partial charge in [-0.15, -0.1) is 0 Å². The largest absolute Gasteiger partial charge is 0.481 e. The lowest BCUT2D eigenvalue weighted by atomic mass is 10.2. The summed E-state index contributed by atoms with van der Waals surface area (Å²) in [6.07, 6.45) is -0.830. The first-order valence-corrected chi connectivity index (χ1v) is 5.98. The Hall–Kier alpha value is -2.15. The van der Waals surface area contributed by atoms with E-state index in [1.165, 1.54) is 13.2 Å². The average molecular weight is 284 g/mol. The van der Waals surface area contributed by atoms with Gasteiger partial charge in [0.05, 0.1) is 12.5 Å². The maximum absolute atomic E-state index is 13.3. The zero-order chi connectivity index (χ0) is 15.1. The summed E-state index contributed by atoms with van der Waals surface area (Å²) in [5, 5.41) is 13.5. The predicted octanol–water partition coefficient (Wildman–Crippen LogP) is 1.75. The van der Waals surface area contributed by atoms with Gasteiger partial charge in [0.2, 0.25) is 0 Å². The highest BCUT2D eigenvalue weighted by atomic mass is 19.1. The molecule has 0 aliphatic rings. The molecule has 0 fully saturated rings. The van der Waals surface area contributed by atoms with Crippen LogP contribution in [0.1, 0.15) is 12.0 Å². The Bertz CT molecular complexity index is 493. The van der Waals surface area contributed by atoms with Crippen LogP contribution in [0.3, 0.4) is 0 Å². The van der Waals surface area contributed by atoms with E-state index in [4.69, 9.17) is 9.84 Å². The number of nitrogens with one attached hydrogen (secondary N) is 2. The van der Waals surface area contributed by atoms with Crippen molar-refractivity contribution < 1.29 is 23.8 Å². The first kappa shape index (κ1) is 15.9. The summed E-state index contributed by atoms with van der Waals surface area (Å²) in [6, 6.07) is 3.77. The monoisotopic (exact) mass is 284 g/mol. The fourth-order valence-electron chi connectivity index (χ4n) is 1.49. The van der Waals surface area contributed by atoms with Crippen LogP contribution in [-0.4, -0.2) is 36.9 Å². The standard InChI is InChI=1S/C13H17FN2O4/c1-8-3-4-9(5-11(8)14)16-13(19)15-7-10(20-2)6-12(17)18/h3-5,10H,6-7H2,1-2H3,(H,17,18)(H2,15,16,19). The molecule has 0 radical (unpaired) electrons. The van der Waals surface area contributed by atoms with Crippen LogP contribution in [0.25, 0.3) is 0 Å². The van der Waals surface area contributed by atoms with E-state index in [1.807, 2.05) is 0 Å². The molecular formula is C13H17FN2O4. The lowest BCUT2D eigenvalue weighted by Crippen LogP contribution is -2.37. The van der Waals surface area contributed by atoms with E-state index in [-0.39, 0.29) is 13.0 Å². The molecule has 0 heterocycles. The number of carbonyl (C=O) groups excluding carboxylic acids is 1. The molecule has 2 amide bonds. The second kappa shape index (κ2) is 7.44. The number of urea groups is 1.